The summed E-state index contributed by atoms with van der Waals surface area (Å²) in [6, 6.07) is 0.838. The first-order valence-corrected chi connectivity index (χ1v) is 7.91. The van der Waals surface area contributed by atoms with Crippen molar-refractivity contribution in [1.82, 2.24) is 5.32 Å². The molecule has 0 spiro atoms. The van der Waals surface area contributed by atoms with E-state index in [0.717, 1.165) is 31.1 Å². The van der Waals surface area contributed by atoms with Gasteiger partial charge < -0.3 is 10.1 Å². The zero-order valence-electron chi connectivity index (χ0n) is 12.5. The fourth-order valence-electron chi connectivity index (χ4n) is 3.53. The Hall–Kier alpha value is -0.0800. The lowest BCUT2D eigenvalue weighted by atomic mass is 9.72. The van der Waals surface area contributed by atoms with Crippen LogP contribution in [0.5, 0.6) is 0 Å². The summed E-state index contributed by atoms with van der Waals surface area (Å²) in [6.45, 7) is 10.3. The molecule has 0 aromatic rings. The predicted octanol–water partition coefficient (Wildman–Crippen LogP) is 3.61. The Morgan fingerprint density at radius 2 is 1.83 bits per heavy atom. The third-order valence-corrected chi connectivity index (χ3v) is 4.55. The van der Waals surface area contributed by atoms with Crippen LogP contribution in [0, 0.1) is 17.3 Å². The van der Waals surface area contributed by atoms with Crippen LogP contribution in [0.2, 0.25) is 0 Å². The highest BCUT2D eigenvalue weighted by Gasteiger charge is 2.35. The van der Waals surface area contributed by atoms with Crippen molar-refractivity contribution in [3.63, 3.8) is 0 Å². The quantitative estimate of drug-likeness (QED) is 0.748. The van der Waals surface area contributed by atoms with Gasteiger partial charge in [0.05, 0.1) is 0 Å². The van der Waals surface area contributed by atoms with Crippen LogP contribution in [0.25, 0.3) is 0 Å². The first-order valence-electron chi connectivity index (χ1n) is 7.91. The second-order valence-corrected chi connectivity index (χ2v) is 7.21. The van der Waals surface area contributed by atoms with Crippen LogP contribution in [0.4, 0.5) is 0 Å². The minimum absolute atomic E-state index is 0.523. The van der Waals surface area contributed by atoms with Crippen LogP contribution in [0.3, 0.4) is 0 Å². The molecule has 2 rings (SSSR count). The van der Waals surface area contributed by atoms with Crippen LogP contribution >= 0.6 is 0 Å². The second kappa shape index (κ2) is 6.38. The predicted molar refractivity (Wildman–Crippen MR) is 76.7 cm³/mol. The van der Waals surface area contributed by atoms with Crippen molar-refractivity contribution in [2.75, 3.05) is 19.8 Å². The second-order valence-electron chi connectivity index (χ2n) is 7.21. The van der Waals surface area contributed by atoms with Gasteiger partial charge in [0.25, 0.3) is 0 Å². The topological polar surface area (TPSA) is 21.3 Å². The maximum atomic E-state index is 5.58. The minimum Gasteiger partial charge on any atom is -0.381 e. The molecule has 0 aromatic carbocycles. The number of hydrogen-bond donors (Lipinski definition) is 1. The Bertz CT molecular complexity index is 241. The molecule has 18 heavy (non-hydrogen) atoms. The Morgan fingerprint density at radius 3 is 2.39 bits per heavy atom. The SMILES string of the molecule is CC(C)CC(C)CC1(CNC2CC2)CCOCC1. The molecule has 2 nitrogen and oxygen atoms in total. The Kier molecular flexibility index (Phi) is 5.08. The van der Waals surface area contributed by atoms with Crippen molar-refractivity contribution in [3.05, 3.63) is 0 Å². The Morgan fingerprint density at radius 1 is 1.17 bits per heavy atom. The lowest BCUT2D eigenvalue weighted by Crippen LogP contribution is -2.41. The number of nitrogens with one attached hydrogen (secondary N) is 1. The molecule has 1 aliphatic carbocycles. The fourth-order valence-corrected chi connectivity index (χ4v) is 3.53. The highest BCUT2D eigenvalue weighted by atomic mass is 16.5. The summed E-state index contributed by atoms with van der Waals surface area (Å²) < 4.78 is 5.58. The molecule has 0 bridgehead atoms. The molecule has 1 saturated carbocycles. The normalized spacial score (nSPS) is 25.3. The molecular formula is C16H31NO. The van der Waals surface area contributed by atoms with Crippen molar-refractivity contribution in [2.45, 2.75) is 65.3 Å². The molecule has 1 aliphatic heterocycles. The molecule has 0 radical (unpaired) electrons. The van der Waals surface area contributed by atoms with Crippen molar-refractivity contribution < 1.29 is 4.74 Å². The van der Waals surface area contributed by atoms with Crippen LogP contribution < -0.4 is 5.32 Å². The number of hydrogen-bond acceptors (Lipinski definition) is 2. The third-order valence-electron chi connectivity index (χ3n) is 4.55. The lowest BCUT2D eigenvalue weighted by molar-refractivity contribution is 0.00173. The van der Waals surface area contributed by atoms with E-state index in [4.69, 9.17) is 4.74 Å². The largest absolute Gasteiger partial charge is 0.381 e. The monoisotopic (exact) mass is 253 g/mol. The van der Waals surface area contributed by atoms with Crippen LogP contribution in [0.1, 0.15) is 59.3 Å². The molecule has 1 atom stereocenters. The van der Waals surface area contributed by atoms with Gasteiger partial charge in [-0.2, -0.15) is 0 Å². The molecular weight excluding hydrogens is 222 g/mol. The maximum Gasteiger partial charge on any atom is 0.0471 e. The Balaban J connectivity index is 1.85. The summed E-state index contributed by atoms with van der Waals surface area (Å²) in [7, 11) is 0. The molecule has 1 N–H and O–H groups in total. The van der Waals surface area contributed by atoms with E-state index in [1.807, 2.05) is 0 Å². The van der Waals surface area contributed by atoms with E-state index in [1.54, 1.807) is 0 Å². The molecule has 106 valence electrons. The van der Waals surface area contributed by atoms with E-state index in [1.165, 1.54) is 45.1 Å². The zero-order chi connectivity index (χ0) is 13.0. The first kappa shape index (κ1) is 14.3. The summed E-state index contributed by atoms with van der Waals surface area (Å²) in [6.07, 6.45) is 8.06. The maximum absolute atomic E-state index is 5.58. The van der Waals surface area contributed by atoms with E-state index >= 15 is 0 Å². The summed E-state index contributed by atoms with van der Waals surface area (Å²) >= 11 is 0. The van der Waals surface area contributed by atoms with Gasteiger partial charge in [-0.25, -0.2) is 0 Å². The van der Waals surface area contributed by atoms with E-state index in [2.05, 4.69) is 26.1 Å². The summed E-state index contributed by atoms with van der Waals surface area (Å²) in [5.41, 5.74) is 0.523. The highest BCUT2D eigenvalue weighted by Crippen LogP contribution is 2.38. The summed E-state index contributed by atoms with van der Waals surface area (Å²) in [5.74, 6) is 1.68. The molecule has 1 saturated heterocycles. The van der Waals surface area contributed by atoms with Gasteiger partial charge in [-0.3, -0.25) is 0 Å². The summed E-state index contributed by atoms with van der Waals surface area (Å²) in [5, 5.41) is 3.77. The average Bonchev–Trinajstić information content (AvgIpc) is 3.10. The fraction of sp³-hybridized carbons (Fsp3) is 1.00. The molecule has 1 unspecified atom stereocenters. The zero-order valence-corrected chi connectivity index (χ0v) is 12.5. The van der Waals surface area contributed by atoms with Crippen molar-refractivity contribution >= 4 is 0 Å². The van der Waals surface area contributed by atoms with Crippen LogP contribution in [-0.2, 0) is 4.74 Å². The molecule has 2 aliphatic rings. The third kappa shape index (κ3) is 4.55. The molecule has 1 heterocycles. The molecule has 2 heteroatoms. The van der Waals surface area contributed by atoms with E-state index in [9.17, 15) is 0 Å². The van der Waals surface area contributed by atoms with Gasteiger partial charge in [-0.1, -0.05) is 20.8 Å². The van der Waals surface area contributed by atoms with E-state index in [0.29, 0.717) is 5.41 Å². The van der Waals surface area contributed by atoms with Gasteiger partial charge in [-0.15, -0.1) is 0 Å². The van der Waals surface area contributed by atoms with Gasteiger partial charge in [0, 0.05) is 25.8 Å². The molecule has 2 fully saturated rings. The van der Waals surface area contributed by atoms with Crippen molar-refractivity contribution in [1.29, 1.82) is 0 Å². The van der Waals surface area contributed by atoms with Crippen molar-refractivity contribution in [2.24, 2.45) is 17.3 Å². The number of rotatable bonds is 7. The standard InChI is InChI=1S/C16H31NO/c1-13(2)10-14(3)11-16(6-8-18-9-7-16)12-17-15-4-5-15/h13-15,17H,4-12H2,1-3H3. The van der Waals surface area contributed by atoms with Crippen LogP contribution in [-0.4, -0.2) is 25.8 Å². The van der Waals surface area contributed by atoms with Crippen molar-refractivity contribution in [3.8, 4) is 0 Å². The molecule has 0 amide bonds. The number of ether oxygens (including phenoxy) is 1. The smallest absolute Gasteiger partial charge is 0.0471 e. The van der Waals surface area contributed by atoms with Gasteiger partial charge in [-0.05, 0) is 55.8 Å². The lowest BCUT2D eigenvalue weighted by Gasteiger charge is -2.40. The van der Waals surface area contributed by atoms with Gasteiger partial charge in [0.15, 0.2) is 0 Å². The minimum atomic E-state index is 0.523. The summed E-state index contributed by atoms with van der Waals surface area (Å²) in [4.78, 5) is 0. The van der Waals surface area contributed by atoms with Gasteiger partial charge in [0.2, 0.25) is 0 Å². The van der Waals surface area contributed by atoms with Gasteiger partial charge >= 0.3 is 0 Å². The van der Waals surface area contributed by atoms with Crippen LogP contribution in [0.15, 0.2) is 0 Å². The van der Waals surface area contributed by atoms with Gasteiger partial charge in [0.1, 0.15) is 0 Å². The first-order chi connectivity index (χ1) is 8.60. The van der Waals surface area contributed by atoms with E-state index in [-0.39, 0.29) is 0 Å². The van der Waals surface area contributed by atoms with E-state index < -0.39 is 0 Å². The Labute approximate surface area is 113 Å². The highest BCUT2D eigenvalue weighted by molar-refractivity contribution is 4.90. The average molecular weight is 253 g/mol. The molecule has 0 aromatic heterocycles.